The maximum atomic E-state index is 13.3. The van der Waals surface area contributed by atoms with Gasteiger partial charge < -0.3 is 10.0 Å². The number of amides is 1. The van der Waals surface area contributed by atoms with Crippen molar-refractivity contribution in [1.82, 2.24) is 10.2 Å². The summed E-state index contributed by atoms with van der Waals surface area (Å²) >= 11 is 0. The summed E-state index contributed by atoms with van der Waals surface area (Å²) < 4.78 is 13.3. The van der Waals surface area contributed by atoms with Crippen LogP contribution in [0.25, 0.3) is 0 Å². The molecule has 18 heavy (non-hydrogen) atoms. The predicted molar refractivity (Wildman–Crippen MR) is 63.4 cm³/mol. The molecule has 5 nitrogen and oxygen atoms in total. The molecule has 0 aliphatic carbocycles. The molecule has 98 valence electrons. The van der Waals surface area contributed by atoms with Crippen LogP contribution in [0.5, 0.6) is 0 Å². The molecule has 0 unspecified atom stereocenters. The van der Waals surface area contributed by atoms with Gasteiger partial charge in [-0.1, -0.05) is 18.2 Å². The lowest BCUT2D eigenvalue weighted by Gasteiger charge is -2.17. The van der Waals surface area contributed by atoms with Crippen LogP contribution in [0.3, 0.4) is 0 Å². The van der Waals surface area contributed by atoms with E-state index in [0.29, 0.717) is 5.56 Å². The zero-order chi connectivity index (χ0) is 13.5. The van der Waals surface area contributed by atoms with Gasteiger partial charge in [0.05, 0.1) is 13.1 Å². The predicted octanol–water partition coefficient (Wildman–Crippen LogP) is 0.458. The molecule has 0 aromatic heterocycles. The van der Waals surface area contributed by atoms with Crippen molar-refractivity contribution in [2.24, 2.45) is 0 Å². The molecule has 0 aliphatic heterocycles. The standard InChI is InChI=1S/C12H15FN2O3/c1-15(11(16)6-14-7-12(17)18)8-9-4-2-3-5-10(9)13/h2-5,14H,6-8H2,1H3,(H,17,18). The van der Waals surface area contributed by atoms with Crippen LogP contribution < -0.4 is 5.32 Å². The summed E-state index contributed by atoms with van der Waals surface area (Å²) in [6, 6.07) is 6.20. The quantitative estimate of drug-likeness (QED) is 0.773. The van der Waals surface area contributed by atoms with Crippen molar-refractivity contribution in [3.05, 3.63) is 35.6 Å². The van der Waals surface area contributed by atoms with E-state index in [4.69, 9.17) is 5.11 Å². The number of carboxylic acid groups (broad SMARTS) is 1. The Morgan fingerprint density at radius 3 is 2.61 bits per heavy atom. The molecule has 0 aliphatic rings. The number of nitrogens with zero attached hydrogens (tertiary/aromatic N) is 1. The van der Waals surface area contributed by atoms with Crippen LogP contribution in [0, 0.1) is 5.82 Å². The summed E-state index contributed by atoms with van der Waals surface area (Å²) in [5.74, 6) is -1.69. The molecule has 6 heteroatoms. The number of halogens is 1. The lowest BCUT2D eigenvalue weighted by Crippen LogP contribution is -2.37. The number of carbonyl (C=O) groups is 2. The van der Waals surface area contributed by atoms with E-state index in [9.17, 15) is 14.0 Å². The Kier molecular flexibility index (Phi) is 5.26. The minimum atomic E-state index is -1.03. The topological polar surface area (TPSA) is 69.6 Å². The zero-order valence-corrected chi connectivity index (χ0v) is 10.0. The fraction of sp³-hybridized carbons (Fsp3) is 0.333. The van der Waals surface area contributed by atoms with Crippen molar-refractivity contribution in [3.8, 4) is 0 Å². The van der Waals surface area contributed by atoms with Crippen molar-refractivity contribution >= 4 is 11.9 Å². The number of carboxylic acids is 1. The fourth-order valence-corrected chi connectivity index (χ4v) is 1.38. The van der Waals surface area contributed by atoms with Crippen LogP contribution in [0.1, 0.15) is 5.56 Å². The molecule has 0 radical (unpaired) electrons. The summed E-state index contributed by atoms with van der Waals surface area (Å²) in [6.45, 7) is -0.212. The second-order valence-corrected chi connectivity index (χ2v) is 3.84. The zero-order valence-electron chi connectivity index (χ0n) is 10.0. The average molecular weight is 254 g/mol. The highest BCUT2D eigenvalue weighted by Gasteiger charge is 2.11. The van der Waals surface area contributed by atoms with Gasteiger partial charge in [0, 0.05) is 19.2 Å². The molecule has 0 saturated heterocycles. The Morgan fingerprint density at radius 2 is 2.00 bits per heavy atom. The molecule has 1 amide bonds. The Balaban J connectivity index is 2.45. The van der Waals surface area contributed by atoms with Gasteiger partial charge in [-0.15, -0.1) is 0 Å². The third-order valence-corrected chi connectivity index (χ3v) is 2.34. The number of likely N-dealkylation sites (N-methyl/N-ethyl adjacent to an activating group) is 1. The first-order chi connectivity index (χ1) is 8.50. The van der Waals surface area contributed by atoms with Crippen molar-refractivity contribution in [3.63, 3.8) is 0 Å². The fourth-order valence-electron chi connectivity index (χ4n) is 1.38. The first-order valence-corrected chi connectivity index (χ1v) is 5.40. The molecule has 2 N–H and O–H groups in total. The van der Waals surface area contributed by atoms with Gasteiger partial charge in [0.15, 0.2) is 0 Å². The molecule has 0 atom stereocenters. The normalized spacial score (nSPS) is 10.1. The molecule has 0 fully saturated rings. The first-order valence-electron chi connectivity index (χ1n) is 5.40. The molecule has 1 aromatic carbocycles. The maximum Gasteiger partial charge on any atom is 0.317 e. The minimum absolute atomic E-state index is 0.0861. The number of benzene rings is 1. The highest BCUT2D eigenvalue weighted by Crippen LogP contribution is 2.08. The van der Waals surface area contributed by atoms with Crippen LogP contribution >= 0.6 is 0 Å². The van der Waals surface area contributed by atoms with Crippen LogP contribution in [0.4, 0.5) is 4.39 Å². The smallest absolute Gasteiger partial charge is 0.317 e. The first kappa shape index (κ1) is 14.1. The van der Waals surface area contributed by atoms with Gasteiger partial charge in [-0.05, 0) is 6.07 Å². The minimum Gasteiger partial charge on any atom is -0.480 e. The number of carbonyl (C=O) groups excluding carboxylic acids is 1. The van der Waals surface area contributed by atoms with Crippen molar-refractivity contribution in [2.45, 2.75) is 6.54 Å². The van der Waals surface area contributed by atoms with E-state index >= 15 is 0 Å². The van der Waals surface area contributed by atoms with Gasteiger partial charge in [0.1, 0.15) is 5.82 Å². The summed E-state index contributed by atoms with van der Waals surface area (Å²) in [5.41, 5.74) is 0.423. The largest absolute Gasteiger partial charge is 0.480 e. The van der Waals surface area contributed by atoms with Gasteiger partial charge in [0.2, 0.25) is 5.91 Å². The van der Waals surface area contributed by atoms with E-state index in [1.165, 1.54) is 18.0 Å². The Labute approximate surface area is 104 Å². The van der Waals surface area contributed by atoms with Gasteiger partial charge in [-0.25, -0.2) is 4.39 Å². The van der Waals surface area contributed by atoms with Crippen LogP contribution in [0.2, 0.25) is 0 Å². The highest BCUT2D eigenvalue weighted by atomic mass is 19.1. The molecule has 0 spiro atoms. The van der Waals surface area contributed by atoms with E-state index < -0.39 is 5.97 Å². The molecule has 0 heterocycles. The van der Waals surface area contributed by atoms with Gasteiger partial charge in [-0.2, -0.15) is 0 Å². The Hall–Kier alpha value is -1.95. The average Bonchev–Trinajstić information content (AvgIpc) is 2.31. The summed E-state index contributed by atoms with van der Waals surface area (Å²) in [6.07, 6.45) is 0. The molecule has 1 rings (SSSR count). The second-order valence-electron chi connectivity index (χ2n) is 3.84. The number of aliphatic carboxylic acids is 1. The van der Waals surface area contributed by atoms with Crippen molar-refractivity contribution < 1.29 is 19.1 Å². The summed E-state index contributed by atoms with van der Waals surface area (Å²) in [4.78, 5) is 23.2. The third-order valence-electron chi connectivity index (χ3n) is 2.34. The second kappa shape index (κ2) is 6.70. The summed E-state index contributed by atoms with van der Waals surface area (Å²) in [5, 5.41) is 10.9. The van der Waals surface area contributed by atoms with Gasteiger partial charge in [-0.3, -0.25) is 14.9 Å². The number of hydrogen-bond acceptors (Lipinski definition) is 3. The number of rotatable bonds is 6. The van der Waals surface area contributed by atoms with E-state index in [-0.39, 0.29) is 31.4 Å². The van der Waals surface area contributed by atoms with Gasteiger partial charge >= 0.3 is 5.97 Å². The highest BCUT2D eigenvalue weighted by molar-refractivity contribution is 5.78. The maximum absolute atomic E-state index is 13.3. The van der Waals surface area contributed by atoms with E-state index in [1.54, 1.807) is 18.2 Å². The molecule has 0 saturated carbocycles. The van der Waals surface area contributed by atoms with Crippen LogP contribution in [0.15, 0.2) is 24.3 Å². The number of nitrogens with one attached hydrogen (secondary N) is 1. The molecular weight excluding hydrogens is 239 g/mol. The van der Waals surface area contributed by atoms with Crippen molar-refractivity contribution in [1.29, 1.82) is 0 Å². The lowest BCUT2D eigenvalue weighted by molar-refractivity contribution is -0.136. The Morgan fingerprint density at radius 1 is 1.33 bits per heavy atom. The monoisotopic (exact) mass is 254 g/mol. The van der Waals surface area contributed by atoms with E-state index in [2.05, 4.69) is 5.32 Å². The van der Waals surface area contributed by atoms with E-state index in [0.717, 1.165) is 0 Å². The summed E-state index contributed by atoms with van der Waals surface area (Å²) in [7, 11) is 1.54. The van der Waals surface area contributed by atoms with Crippen molar-refractivity contribution in [2.75, 3.05) is 20.1 Å². The van der Waals surface area contributed by atoms with Gasteiger partial charge in [0.25, 0.3) is 0 Å². The molecule has 1 aromatic rings. The number of hydrogen-bond donors (Lipinski definition) is 2. The lowest BCUT2D eigenvalue weighted by atomic mass is 10.2. The van der Waals surface area contributed by atoms with Crippen LogP contribution in [-0.4, -0.2) is 42.0 Å². The van der Waals surface area contributed by atoms with E-state index in [1.807, 2.05) is 0 Å². The third kappa shape index (κ3) is 4.50. The Bertz CT molecular complexity index is 437. The SMILES string of the molecule is CN(Cc1ccccc1F)C(=O)CNCC(=O)O. The molecule has 0 bridgehead atoms. The molecular formula is C12H15FN2O3. The van der Waals surface area contributed by atoms with Crippen LogP contribution in [-0.2, 0) is 16.1 Å².